The second-order valence-electron chi connectivity index (χ2n) is 8.58. The highest BCUT2D eigenvalue weighted by molar-refractivity contribution is 5.85. The maximum atomic E-state index is 12.2. The number of carbonyl (C=O) groups is 1. The third-order valence-electron chi connectivity index (χ3n) is 4.86. The van der Waals surface area contributed by atoms with Crippen LogP contribution in [0.15, 0.2) is 0 Å². The maximum absolute atomic E-state index is 12.2. The summed E-state index contributed by atoms with van der Waals surface area (Å²) < 4.78 is 0. The minimum Gasteiger partial charge on any atom is -0.353 e. The summed E-state index contributed by atoms with van der Waals surface area (Å²) in [6, 6.07) is 0.364. The summed E-state index contributed by atoms with van der Waals surface area (Å²) in [5, 5.41) is 6.66. The minimum atomic E-state index is 0. The summed E-state index contributed by atoms with van der Waals surface area (Å²) in [6.45, 7) is 11.5. The van der Waals surface area contributed by atoms with Gasteiger partial charge in [-0.25, -0.2) is 0 Å². The second kappa shape index (κ2) is 7.32. The van der Waals surface area contributed by atoms with Gasteiger partial charge in [0.15, 0.2) is 0 Å². The van der Waals surface area contributed by atoms with E-state index < -0.39 is 0 Å². The van der Waals surface area contributed by atoms with Gasteiger partial charge in [0, 0.05) is 12.5 Å². The Bertz CT molecular complexity index is 333. The van der Waals surface area contributed by atoms with Gasteiger partial charge < -0.3 is 10.6 Å². The molecule has 1 saturated carbocycles. The Morgan fingerprint density at radius 1 is 1.19 bits per heavy atom. The summed E-state index contributed by atoms with van der Waals surface area (Å²) in [5.74, 6) is 0.968. The summed E-state index contributed by atoms with van der Waals surface area (Å²) in [7, 11) is 0. The van der Waals surface area contributed by atoms with Crippen molar-refractivity contribution in [2.24, 2.45) is 16.7 Å². The molecule has 21 heavy (non-hydrogen) atoms. The second-order valence-corrected chi connectivity index (χ2v) is 8.58. The molecule has 1 saturated heterocycles. The first kappa shape index (κ1) is 18.8. The zero-order valence-corrected chi connectivity index (χ0v) is 14.9. The van der Waals surface area contributed by atoms with Crippen LogP contribution in [-0.4, -0.2) is 25.0 Å². The molecule has 2 rings (SSSR count). The molecule has 0 aromatic heterocycles. The molecule has 0 aromatic carbocycles. The number of hydrogen-bond acceptors (Lipinski definition) is 2. The van der Waals surface area contributed by atoms with Gasteiger partial charge in [-0.3, -0.25) is 4.79 Å². The lowest BCUT2D eigenvalue weighted by molar-refractivity contribution is -0.122. The molecule has 0 bridgehead atoms. The lowest BCUT2D eigenvalue weighted by Crippen LogP contribution is -2.46. The SMILES string of the molecule is CC1(C)CC(NC(=O)CCC2CCNC2)CC(C)(C)C1.Cl. The summed E-state index contributed by atoms with van der Waals surface area (Å²) in [5.41, 5.74) is 0.685. The van der Waals surface area contributed by atoms with Crippen LogP contribution >= 0.6 is 12.4 Å². The molecule has 0 aromatic rings. The van der Waals surface area contributed by atoms with E-state index in [4.69, 9.17) is 0 Å². The van der Waals surface area contributed by atoms with Crippen LogP contribution in [0, 0.1) is 16.7 Å². The first-order valence-electron chi connectivity index (χ1n) is 8.26. The topological polar surface area (TPSA) is 41.1 Å². The molecule has 3 nitrogen and oxygen atoms in total. The molecule has 1 amide bonds. The Balaban J connectivity index is 0.00000220. The number of carbonyl (C=O) groups excluding carboxylic acids is 1. The average molecular weight is 317 g/mol. The van der Waals surface area contributed by atoms with Gasteiger partial charge in [-0.15, -0.1) is 12.4 Å². The lowest BCUT2D eigenvalue weighted by atomic mass is 9.63. The van der Waals surface area contributed by atoms with E-state index in [1.165, 1.54) is 12.8 Å². The van der Waals surface area contributed by atoms with Gasteiger partial charge >= 0.3 is 0 Å². The van der Waals surface area contributed by atoms with E-state index in [2.05, 4.69) is 38.3 Å². The molecule has 2 aliphatic rings. The Morgan fingerprint density at radius 3 is 2.33 bits per heavy atom. The fraction of sp³-hybridized carbons (Fsp3) is 0.941. The molecular formula is C17H33ClN2O. The number of rotatable bonds is 4. The summed E-state index contributed by atoms with van der Waals surface area (Å²) >= 11 is 0. The quantitative estimate of drug-likeness (QED) is 0.833. The monoisotopic (exact) mass is 316 g/mol. The molecule has 1 atom stereocenters. The van der Waals surface area contributed by atoms with Gasteiger partial charge in [-0.1, -0.05) is 27.7 Å². The molecule has 0 radical (unpaired) electrons. The first-order chi connectivity index (χ1) is 9.26. The predicted octanol–water partition coefficient (Wildman–Crippen LogP) is 3.52. The summed E-state index contributed by atoms with van der Waals surface area (Å²) in [6.07, 6.45) is 6.46. The van der Waals surface area contributed by atoms with Crippen molar-refractivity contribution in [3.63, 3.8) is 0 Å². The fourth-order valence-electron chi connectivity index (χ4n) is 4.54. The Kier molecular flexibility index (Phi) is 6.54. The van der Waals surface area contributed by atoms with Gasteiger partial charge in [0.05, 0.1) is 0 Å². The zero-order valence-electron chi connectivity index (χ0n) is 14.1. The van der Waals surface area contributed by atoms with E-state index >= 15 is 0 Å². The van der Waals surface area contributed by atoms with Crippen LogP contribution in [0.5, 0.6) is 0 Å². The van der Waals surface area contributed by atoms with Crippen molar-refractivity contribution in [3.05, 3.63) is 0 Å². The molecule has 1 aliphatic carbocycles. The van der Waals surface area contributed by atoms with Crippen molar-refractivity contribution in [1.29, 1.82) is 0 Å². The van der Waals surface area contributed by atoms with Crippen LogP contribution in [0.4, 0.5) is 0 Å². The van der Waals surface area contributed by atoms with Crippen molar-refractivity contribution < 1.29 is 4.79 Å². The number of nitrogens with one attached hydrogen (secondary N) is 2. The Morgan fingerprint density at radius 2 is 1.81 bits per heavy atom. The minimum absolute atomic E-state index is 0. The average Bonchev–Trinajstić information content (AvgIpc) is 2.74. The van der Waals surface area contributed by atoms with Crippen LogP contribution in [0.2, 0.25) is 0 Å². The van der Waals surface area contributed by atoms with Gasteiger partial charge in [0.25, 0.3) is 0 Å². The molecule has 124 valence electrons. The van der Waals surface area contributed by atoms with Crippen molar-refractivity contribution in [2.45, 2.75) is 72.3 Å². The number of amides is 1. The number of halogens is 1. The van der Waals surface area contributed by atoms with Gasteiger partial charge in [-0.05, 0) is 61.9 Å². The van der Waals surface area contributed by atoms with Gasteiger partial charge in [0.1, 0.15) is 0 Å². The third kappa shape index (κ3) is 6.15. The molecular weight excluding hydrogens is 284 g/mol. The summed E-state index contributed by atoms with van der Waals surface area (Å²) in [4.78, 5) is 12.2. The van der Waals surface area contributed by atoms with Crippen LogP contribution in [0.25, 0.3) is 0 Å². The predicted molar refractivity (Wildman–Crippen MR) is 90.8 cm³/mol. The van der Waals surface area contributed by atoms with Crippen molar-refractivity contribution in [1.82, 2.24) is 10.6 Å². The first-order valence-corrected chi connectivity index (χ1v) is 8.26. The lowest BCUT2D eigenvalue weighted by Gasteiger charge is -2.45. The maximum Gasteiger partial charge on any atom is 0.220 e. The highest BCUT2D eigenvalue weighted by atomic mass is 35.5. The van der Waals surface area contributed by atoms with Crippen LogP contribution in [0.1, 0.15) is 66.2 Å². The van der Waals surface area contributed by atoms with Crippen LogP contribution in [0.3, 0.4) is 0 Å². The molecule has 4 heteroatoms. The smallest absolute Gasteiger partial charge is 0.220 e. The molecule has 0 spiro atoms. The largest absolute Gasteiger partial charge is 0.353 e. The Labute approximate surface area is 136 Å². The van der Waals surface area contributed by atoms with Crippen LogP contribution < -0.4 is 10.6 Å². The highest BCUT2D eigenvalue weighted by Crippen LogP contribution is 2.45. The Hall–Kier alpha value is -0.280. The van der Waals surface area contributed by atoms with Crippen molar-refractivity contribution in [2.75, 3.05) is 13.1 Å². The van der Waals surface area contributed by atoms with Crippen molar-refractivity contribution in [3.8, 4) is 0 Å². The van der Waals surface area contributed by atoms with E-state index in [0.29, 0.717) is 29.2 Å². The van der Waals surface area contributed by atoms with Gasteiger partial charge in [-0.2, -0.15) is 0 Å². The molecule has 1 heterocycles. The molecule has 1 unspecified atom stereocenters. The van der Waals surface area contributed by atoms with E-state index in [0.717, 1.165) is 32.4 Å². The van der Waals surface area contributed by atoms with Crippen molar-refractivity contribution >= 4 is 18.3 Å². The zero-order chi connectivity index (χ0) is 14.8. The highest BCUT2D eigenvalue weighted by Gasteiger charge is 2.38. The number of hydrogen-bond donors (Lipinski definition) is 2. The standard InChI is InChI=1S/C17H32N2O.ClH/c1-16(2)9-14(10-17(3,4)12-16)19-15(20)6-5-13-7-8-18-11-13;/h13-14,18H,5-12H2,1-4H3,(H,19,20);1H. The molecule has 2 fully saturated rings. The molecule has 1 aliphatic heterocycles. The van der Waals surface area contributed by atoms with E-state index in [1.54, 1.807) is 0 Å². The third-order valence-corrected chi connectivity index (χ3v) is 4.86. The van der Waals surface area contributed by atoms with Gasteiger partial charge in [0.2, 0.25) is 5.91 Å². The van der Waals surface area contributed by atoms with E-state index in [1.807, 2.05) is 0 Å². The van der Waals surface area contributed by atoms with Crippen LogP contribution in [-0.2, 0) is 4.79 Å². The normalized spacial score (nSPS) is 27.9. The molecule has 2 N–H and O–H groups in total. The van der Waals surface area contributed by atoms with E-state index in [9.17, 15) is 4.79 Å². The van der Waals surface area contributed by atoms with E-state index in [-0.39, 0.29) is 18.3 Å². The fourth-order valence-corrected chi connectivity index (χ4v) is 4.54.